The first-order valence-electron chi connectivity index (χ1n) is 7.89. The van der Waals surface area contributed by atoms with Crippen molar-refractivity contribution < 1.29 is 4.79 Å². The third-order valence-electron chi connectivity index (χ3n) is 3.93. The standard InChI is InChI=1S/C20H18IN3O/c1-14-7-8-15(2)24(14)18-11-9-16(10-12-18)20(25)23-22-13-17-5-3-4-6-19(17)21/h3-13H,1-2H3,(H,23,25). The highest BCUT2D eigenvalue weighted by atomic mass is 127. The summed E-state index contributed by atoms with van der Waals surface area (Å²) in [6.45, 7) is 4.13. The van der Waals surface area contributed by atoms with Crippen LogP contribution in [0.3, 0.4) is 0 Å². The predicted molar refractivity (Wildman–Crippen MR) is 109 cm³/mol. The van der Waals surface area contributed by atoms with E-state index in [-0.39, 0.29) is 5.91 Å². The van der Waals surface area contributed by atoms with Crippen LogP contribution in [0.5, 0.6) is 0 Å². The molecule has 0 atom stereocenters. The van der Waals surface area contributed by atoms with Crippen LogP contribution in [0.25, 0.3) is 5.69 Å². The number of aromatic nitrogens is 1. The molecule has 0 radical (unpaired) electrons. The van der Waals surface area contributed by atoms with E-state index in [0.717, 1.165) is 26.2 Å². The van der Waals surface area contributed by atoms with Crippen molar-refractivity contribution in [3.8, 4) is 5.69 Å². The van der Waals surface area contributed by atoms with Crippen LogP contribution >= 0.6 is 22.6 Å². The van der Waals surface area contributed by atoms with Gasteiger partial charge >= 0.3 is 0 Å². The summed E-state index contributed by atoms with van der Waals surface area (Å²) in [6, 6.07) is 19.5. The Bertz CT molecular complexity index is 907. The van der Waals surface area contributed by atoms with Crippen molar-refractivity contribution in [3.63, 3.8) is 0 Å². The molecule has 1 N–H and O–H groups in total. The zero-order valence-electron chi connectivity index (χ0n) is 14.0. The smallest absolute Gasteiger partial charge is 0.271 e. The molecule has 126 valence electrons. The fourth-order valence-corrected chi connectivity index (χ4v) is 3.17. The SMILES string of the molecule is Cc1ccc(C)n1-c1ccc(C(=O)NN=Cc2ccccc2I)cc1. The number of halogens is 1. The minimum Gasteiger partial charge on any atom is -0.319 e. The number of hydrazone groups is 1. The van der Waals surface area contributed by atoms with E-state index < -0.39 is 0 Å². The molecule has 4 nitrogen and oxygen atoms in total. The van der Waals surface area contributed by atoms with Crippen LogP contribution in [0.2, 0.25) is 0 Å². The second-order valence-electron chi connectivity index (χ2n) is 5.72. The van der Waals surface area contributed by atoms with Gasteiger partial charge in [0.15, 0.2) is 0 Å². The predicted octanol–water partition coefficient (Wildman–Crippen LogP) is 4.46. The summed E-state index contributed by atoms with van der Waals surface area (Å²) in [4.78, 5) is 12.2. The molecule has 1 aromatic heterocycles. The van der Waals surface area contributed by atoms with Crippen molar-refractivity contribution in [3.05, 3.63) is 86.7 Å². The Hall–Kier alpha value is -2.41. The summed E-state index contributed by atoms with van der Waals surface area (Å²) in [5, 5.41) is 4.04. The molecule has 0 saturated heterocycles. The number of aryl methyl sites for hydroxylation is 2. The third-order valence-corrected chi connectivity index (χ3v) is 4.92. The Morgan fingerprint density at radius 1 is 1.00 bits per heavy atom. The maximum absolute atomic E-state index is 12.2. The molecule has 0 aliphatic heterocycles. The number of hydrogen-bond acceptors (Lipinski definition) is 2. The molecular formula is C20H18IN3O. The van der Waals surface area contributed by atoms with E-state index in [0.29, 0.717) is 5.56 Å². The van der Waals surface area contributed by atoms with E-state index in [9.17, 15) is 4.79 Å². The van der Waals surface area contributed by atoms with Gasteiger partial charge in [0, 0.05) is 31.8 Å². The van der Waals surface area contributed by atoms with Crippen LogP contribution < -0.4 is 5.43 Å². The highest BCUT2D eigenvalue weighted by Crippen LogP contribution is 2.17. The Labute approximate surface area is 160 Å². The summed E-state index contributed by atoms with van der Waals surface area (Å²) >= 11 is 2.24. The van der Waals surface area contributed by atoms with Crippen LogP contribution in [-0.4, -0.2) is 16.7 Å². The average molecular weight is 443 g/mol. The fraction of sp³-hybridized carbons (Fsp3) is 0.100. The molecule has 2 aromatic carbocycles. The Morgan fingerprint density at radius 2 is 1.64 bits per heavy atom. The van der Waals surface area contributed by atoms with E-state index in [1.807, 2.05) is 48.5 Å². The topological polar surface area (TPSA) is 46.4 Å². The minimum absolute atomic E-state index is 0.227. The lowest BCUT2D eigenvalue weighted by Gasteiger charge is -2.10. The molecule has 0 unspecified atom stereocenters. The second-order valence-corrected chi connectivity index (χ2v) is 6.88. The highest BCUT2D eigenvalue weighted by Gasteiger charge is 2.07. The molecule has 3 rings (SSSR count). The van der Waals surface area contributed by atoms with Crippen LogP contribution in [0.1, 0.15) is 27.3 Å². The molecule has 1 amide bonds. The Kier molecular flexibility index (Phi) is 5.33. The average Bonchev–Trinajstić information content (AvgIpc) is 2.95. The zero-order valence-corrected chi connectivity index (χ0v) is 16.2. The number of hydrogen-bond donors (Lipinski definition) is 1. The molecule has 0 spiro atoms. The quantitative estimate of drug-likeness (QED) is 0.361. The molecule has 0 saturated carbocycles. The summed E-state index contributed by atoms with van der Waals surface area (Å²) in [5.41, 5.74) is 7.48. The number of carbonyl (C=O) groups excluding carboxylic acids is 1. The number of amides is 1. The van der Waals surface area contributed by atoms with Gasteiger partial charge in [-0.05, 0) is 78.9 Å². The second kappa shape index (κ2) is 7.65. The Morgan fingerprint density at radius 3 is 2.28 bits per heavy atom. The van der Waals surface area contributed by atoms with Crippen molar-refractivity contribution in [2.75, 3.05) is 0 Å². The van der Waals surface area contributed by atoms with E-state index in [1.165, 1.54) is 0 Å². The monoisotopic (exact) mass is 443 g/mol. The molecule has 0 aliphatic rings. The highest BCUT2D eigenvalue weighted by molar-refractivity contribution is 14.1. The van der Waals surface area contributed by atoms with Crippen molar-refractivity contribution in [2.45, 2.75) is 13.8 Å². The first-order valence-corrected chi connectivity index (χ1v) is 8.97. The first kappa shape index (κ1) is 17.4. The summed E-state index contributed by atoms with van der Waals surface area (Å²) in [6.07, 6.45) is 1.65. The summed E-state index contributed by atoms with van der Waals surface area (Å²) in [7, 11) is 0. The Balaban J connectivity index is 1.70. The molecule has 0 fully saturated rings. The van der Waals surface area contributed by atoms with Gasteiger partial charge in [-0.15, -0.1) is 0 Å². The first-order chi connectivity index (χ1) is 12.1. The van der Waals surface area contributed by atoms with Crippen LogP contribution in [-0.2, 0) is 0 Å². The summed E-state index contributed by atoms with van der Waals surface area (Å²) < 4.78 is 3.23. The van der Waals surface area contributed by atoms with Crippen LogP contribution in [0.15, 0.2) is 65.8 Å². The zero-order chi connectivity index (χ0) is 17.8. The molecular weight excluding hydrogens is 425 g/mol. The van der Waals surface area contributed by atoms with Gasteiger partial charge in [-0.1, -0.05) is 18.2 Å². The summed E-state index contributed by atoms with van der Waals surface area (Å²) in [5.74, 6) is -0.227. The van der Waals surface area contributed by atoms with Gasteiger partial charge in [0.05, 0.1) is 6.21 Å². The molecule has 1 heterocycles. The number of nitrogens with one attached hydrogen (secondary N) is 1. The number of nitrogens with zero attached hydrogens (tertiary/aromatic N) is 2. The fourth-order valence-electron chi connectivity index (χ4n) is 2.64. The van der Waals surface area contributed by atoms with Crippen LogP contribution in [0.4, 0.5) is 0 Å². The lowest BCUT2D eigenvalue weighted by molar-refractivity contribution is 0.0955. The van der Waals surface area contributed by atoms with E-state index >= 15 is 0 Å². The van der Waals surface area contributed by atoms with Gasteiger partial charge < -0.3 is 4.57 Å². The van der Waals surface area contributed by atoms with Gasteiger partial charge in [0.2, 0.25) is 0 Å². The lowest BCUT2D eigenvalue weighted by atomic mass is 10.2. The van der Waals surface area contributed by atoms with Crippen molar-refractivity contribution in [1.29, 1.82) is 0 Å². The van der Waals surface area contributed by atoms with Crippen LogP contribution in [0, 0.1) is 17.4 Å². The normalized spacial score (nSPS) is 11.0. The van der Waals surface area contributed by atoms with E-state index in [4.69, 9.17) is 0 Å². The van der Waals surface area contributed by atoms with Crippen molar-refractivity contribution in [1.82, 2.24) is 9.99 Å². The van der Waals surface area contributed by atoms with Crippen molar-refractivity contribution in [2.24, 2.45) is 5.10 Å². The number of carbonyl (C=O) groups is 1. The molecule has 0 aliphatic carbocycles. The van der Waals surface area contributed by atoms with Crippen molar-refractivity contribution >= 4 is 34.7 Å². The van der Waals surface area contributed by atoms with Gasteiger partial charge in [0.25, 0.3) is 5.91 Å². The number of rotatable bonds is 4. The molecule has 25 heavy (non-hydrogen) atoms. The van der Waals surface area contributed by atoms with Gasteiger partial charge in [-0.2, -0.15) is 5.10 Å². The van der Waals surface area contributed by atoms with Gasteiger partial charge in [-0.25, -0.2) is 5.43 Å². The molecule has 0 bridgehead atoms. The molecule has 3 aromatic rings. The van der Waals surface area contributed by atoms with E-state index in [1.54, 1.807) is 6.21 Å². The maximum Gasteiger partial charge on any atom is 0.271 e. The lowest BCUT2D eigenvalue weighted by Crippen LogP contribution is -2.17. The third kappa shape index (κ3) is 3.99. The molecule has 5 heteroatoms. The number of benzene rings is 2. The maximum atomic E-state index is 12.2. The van der Waals surface area contributed by atoms with Gasteiger partial charge in [-0.3, -0.25) is 4.79 Å². The minimum atomic E-state index is -0.227. The van der Waals surface area contributed by atoms with Gasteiger partial charge in [0.1, 0.15) is 0 Å². The largest absolute Gasteiger partial charge is 0.319 e. The van der Waals surface area contributed by atoms with E-state index in [2.05, 4.69) is 63.7 Å².